The lowest BCUT2D eigenvalue weighted by Gasteiger charge is -2.24. The molecule has 0 amide bonds. The molecule has 88 valence electrons. The van der Waals surface area contributed by atoms with Gasteiger partial charge >= 0.3 is 0 Å². The Balaban J connectivity index is 2.27. The van der Waals surface area contributed by atoms with Crippen LogP contribution < -0.4 is 5.73 Å². The van der Waals surface area contributed by atoms with Gasteiger partial charge in [0.15, 0.2) is 5.67 Å². The fraction of sp³-hybridized carbons (Fsp3) is 0.214. The molecule has 2 N–H and O–H groups in total. The fourth-order valence-electron chi connectivity index (χ4n) is 1.86. The zero-order valence-corrected chi connectivity index (χ0v) is 9.51. The first-order valence-electron chi connectivity index (χ1n) is 5.58. The topological polar surface area (TPSA) is 38.9 Å². The maximum absolute atomic E-state index is 14.8. The first-order chi connectivity index (χ1) is 8.24. The Morgan fingerprint density at radius 1 is 1.12 bits per heavy atom. The number of nitrogens with zero attached hydrogens (tertiary/aromatic N) is 1. The van der Waals surface area contributed by atoms with E-state index in [-0.39, 0.29) is 13.0 Å². The third-order valence-corrected chi connectivity index (χ3v) is 2.82. The van der Waals surface area contributed by atoms with Gasteiger partial charge in [-0.15, -0.1) is 0 Å². The summed E-state index contributed by atoms with van der Waals surface area (Å²) in [7, 11) is 0. The van der Waals surface area contributed by atoms with Crippen molar-refractivity contribution < 1.29 is 4.39 Å². The smallest absolute Gasteiger partial charge is 0.152 e. The molecular formula is C14H15FN2. The van der Waals surface area contributed by atoms with E-state index in [4.69, 9.17) is 5.73 Å². The van der Waals surface area contributed by atoms with E-state index >= 15 is 0 Å². The average molecular weight is 230 g/mol. The van der Waals surface area contributed by atoms with Crippen LogP contribution in [0.1, 0.15) is 11.1 Å². The van der Waals surface area contributed by atoms with Crippen molar-refractivity contribution in [1.29, 1.82) is 0 Å². The summed E-state index contributed by atoms with van der Waals surface area (Å²) in [6.07, 6.45) is 3.60. The van der Waals surface area contributed by atoms with E-state index in [1.165, 1.54) is 0 Å². The molecule has 3 heteroatoms. The van der Waals surface area contributed by atoms with Crippen LogP contribution in [0.2, 0.25) is 0 Å². The van der Waals surface area contributed by atoms with Crippen LogP contribution >= 0.6 is 0 Å². The lowest BCUT2D eigenvalue weighted by molar-refractivity contribution is 0.175. The third kappa shape index (κ3) is 2.68. The van der Waals surface area contributed by atoms with Gasteiger partial charge in [-0.25, -0.2) is 4.39 Å². The predicted molar refractivity (Wildman–Crippen MR) is 66.2 cm³/mol. The van der Waals surface area contributed by atoms with E-state index in [0.29, 0.717) is 5.56 Å². The second kappa shape index (κ2) is 5.06. The SMILES string of the molecule is NCC(F)(Cc1cccnc1)c1ccccc1. The normalized spacial score (nSPS) is 14.2. The predicted octanol–water partition coefficient (Wildman–Crippen LogP) is 2.45. The number of hydrogen-bond donors (Lipinski definition) is 1. The van der Waals surface area contributed by atoms with Crippen molar-refractivity contribution in [2.24, 2.45) is 5.73 Å². The summed E-state index contributed by atoms with van der Waals surface area (Å²) in [4.78, 5) is 3.99. The number of benzene rings is 1. The molecule has 0 saturated carbocycles. The van der Waals surface area contributed by atoms with Crippen LogP contribution in [-0.2, 0) is 12.1 Å². The van der Waals surface area contributed by atoms with Gasteiger partial charge in [0, 0.05) is 25.4 Å². The maximum Gasteiger partial charge on any atom is 0.152 e. The number of hydrogen-bond acceptors (Lipinski definition) is 2. The summed E-state index contributed by atoms with van der Waals surface area (Å²) in [5, 5.41) is 0. The molecule has 2 nitrogen and oxygen atoms in total. The molecule has 0 saturated heterocycles. The maximum atomic E-state index is 14.8. The van der Waals surface area contributed by atoms with Crippen molar-refractivity contribution in [2.75, 3.05) is 6.54 Å². The summed E-state index contributed by atoms with van der Waals surface area (Å²) in [6.45, 7) is -0.0358. The van der Waals surface area contributed by atoms with Crippen LogP contribution in [0, 0.1) is 0 Å². The standard InChI is InChI=1S/C14H15FN2/c15-14(11-16,13-6-2-1-3-7-13)9-12-5-4-8-17-10-12/h1-8,10H,9,11,16H2. The van der Waals surface area contributed by atoms with Crippen molar-refractivity contribution in [1.82, 2.24) is 4.98 Å². The van der Waals surface area contributed by atoms with E-state index in [2.05, 4.69) is 4.98 Å². The summed E-state index contributed by atoms with van der Waals surface area (Å²) >= 11 is 0. The number of nitrogens with two attached hydrogens (primary N) is 1. The third-order valence-electron chi connectivity index (χ3n) is 2.82. The van der Waals surface area contributed by atoms with Crippen LogP contribution in [-0.4, -0.2) is 11.5 Å². The Kier molecular flexibility index (Phi) is 3.49. The number of halogens is 1. The monoisotopic (exact) mass is 230 g/mol. The van der Waals surface area contributed by atoms with Crippen molar-refractivity contribution in [3.8, 4) is 0 Å². The van der Waals surface area contributed by atoms with E-state index in [1.54, 1.807) is 30.6 Å². The zero-order valence-electron chi connectivity index (χ0n) is 9.51. The Morgan fingerprint density at radius 2 is 1.88 bits per heavy atom. The van der Waals surface area contributed by atoms with Gasteiger partial charge in [0.05, 0.1) is 0 Å². The Bertz CT molecular complexity index is 458. The molecule has 0 aliphatic carbocycles. The average Bonchev–Trinajstić information content (AvgIpc) is 2.41. The van der Waals surface area contributed by atoms with Crippen LogP contribution in [0.25, 0.3) is 0 Å². The molecule has 0 radical (unpaired) electrons. The van der Waals surface area contributed by atoms with E-state index < -0.39 is 5.67 Å². The minimum absolute atomic E-state index is 0.0358. The van der Waals surface area contributed by atoms with Crippen LogP contribution in [0.5, 0.6) is 0 Å². The van der Waals surface area contributed by atoms with Crippen molar-refractivity contribution in [3.63, 3.8) is 0 Å². The van der Waals surface area contributed by atoms with Crippen LogP contribution in [0.4, 0.5) is 4.39 Å². The summed E-state index contributed by atoms with van der Waals surface area (Å²) < 4.78 is 14.8. The molecule has 2 aromatic rings. The largest absolute Gasteiger partial charge is 0.327 e. The van der Waals surface area contributed by atoms with Gasteiger partial charge in [-0.2, -0.15) is 0 Å². The van der Waals surface area contributed by atoms with Gasteiger partial charge in [-0.3, -0.25) is 4.98 Å². The molecule has 0 aliphatic heterocycles. The first kappa shape index (κ1) is 11.7. The van der Waals surface area contributed by atoms with Gasteiger partial charge in [0.2, 0.25) is 0 Å². The quantitative estimate of drug-likeness (QED) is 0.876. The molecular weight excluding hydrogens is 215 g/mol. The summed E-state index contributed by atoms with van der Waals surface area (Å²) in [6, 6.07) is 12.7. The van der Waals surface area contributed by atoms with E-state index in [1.807, 2.05) is 24.3 Å². The second-order valence-electron chi connectivity index (χ2n) is 4.07. The first-order valence-corrected chi connectivity index (χ1v) is 5.58. The minimum Gasteiger partial charge on any atom is -0.327 e. The molecule has 1 aromatic carbocycles. The van der Waals surface area contributed by atoms with Gasteiger partial charge in [-0.1, -0.05) is 36.4 Å². The van der Waals surface area contributed by atoms with Crippen molar-refractivity contribution in [2.45, 2.75) is 12.1 Å². The highest BCUT2D eigenvalue weighted by molar-refractivity contribution is 5.26. The van der Waals surface area contributed by atoms with Crippen LogP contribution in [0.15, 0.2) is 54.9 Å². The Morgan fingerprint density at radius 3 is 2.47 bits per heavy atom. The zero-order chi connectivity index (χ0) is 12.1. The molecule has 2 rings (SSSR count). The fourth-order valence-corrected chi connectivity index (χ4v) is 1.86. The van der Waals surface area contributed by atoms with E-state index in [0.717, 1.165) is 5.56 Å². The highest BCUT2D eigenvalue weighted by Gasteiger charge is 2.30. The Hall–Kier alpha value is -1.74. The minimum atomic E-state index is -1.52. The van der Waals surface area contributed by atoms with Crippen LogP contribution in [0.3, 0.4) is 0 Å². The molecule has 17 heavy (non-hydrogen) atoms. The lowest BCUT2D eigenvalue weighted by Crippen LogP contribution is -2.32. The summed E-state index contributed by atoms with van der Waals surface area (Å²) in [5.74, 6) is 0. The molecule has 0 bridgehead atoms. The molecule has 0 aliphatic rings. The molecule has 1 atom stereocenters. The van der Waals surface area contributed by atoms with Crippen molar-refractivity contribution in [3.05, 3.63) is 66.0 Å². The molecule has 0 fully saturated rings. The van der Waals surface area contributed by atoms with Gasteiger partial charge in [0.1, 0.15) is 0 Å². The number of rotatable bonds is 4. The molecule has 1 heterocycles. The van der Waals surface area contributed by atoms with E-state index in [9.17, 15) is 4.39 Å². The Labute approximate surface area is 100 Å². The van der Waals surface area contributed by atoms with Gasteiger partial charge < -0.3 is 5.73 Å². The van der Waals surface area contributed by atoms with Gasteiger partial charge in [0.25, 0.3) is 0 Å². The van der Waals surface area contributed by atoms with Gasteiger partial charge in [-0.05, 0) is 17.2 Å². The number of pyridine rings is 1. The number of aromatic nitrogens is 1. The highest BCUT2D eigenvalue weighted by Crippen LogP contribution is 2.28. The highest BCUT2D eigenvalue weighted by atomic mass is 19.1. The molecule has 1 aromatic heterocycles. The molecule has 1 unspecified atom stereocenters. The molecule has 0 spiro atoms. The lowest BCUT2D eigenvalue weighted by atomic mass is 9.89. The second-order valence-corrected chi connectivity index (χ2v) is 4.07. The summed E-state index contributed by atoms with van der Waals surface area (Å²) in [5.41, 5.74) is 5.54. The number of alkyl halides is 1. The van der Waals surface area contributed by atoms with Crippen molar-refractivity contribution >= 4 is 0 Å².